The molecule has 10 rings (SSSR count). The second kappa shape index (κ2) is 10.5. The van der Waals surface area contributed by atoms with E-state index in [9.17, 15) is 0 Å². The van der Waals surface area contributed by atoms with Crippen LogP contribution in [0.1, 0.15) is 0 Å². The Hall–Kier alpha value is -6.59. The van der Waals surface area contributed by atoms with Crippen molar-refractivity contribution in [3.8, 4) is 39.3 Å². The smallest absolute Gasteiger partial charge is 0.0702 e. The number of hydrogen-bond acceptors (Lipinski definition) is 4. The number of nitrogens with zero attached hydrogens (tertiary/aromatic N) is 5. The fraction of sp³-hybridized carbons (Fsp3) is 0. The van der Waals surface area contributed by atoms with Crippen molar-refractivity contribution >= 4 is 49.6 Å². The summed E-state index contributed by atoms with van der Waals surface area (Å²) in [4.78, 5) is 16.4. The van der Waals surface area contributed by atoms with Gasteiger partial charge in [0.15, 0.2) is 0 Å². The van der Waals surface area contributed by atoms with E-state index < -0.39 is 0 Å². The van der Waals surface area contributed by atoms with Crippen LogP contribution in [0.25, 0.3) is 71.9 Å². The number of anilines is 3. The average Bonchev–Trinajstić information content (AvgIpc) is 3.51. The molecule has 0 amide bonds. The summed E-state index contributed by atoms with van der Waals surface area (Å²) < 4.78 is 2.40. The van der Waals surface area contributed by atoms with Crippen LogP contribution in [0.15, 0.2) is 164 Å². The molecule has 4 aromatic heterocycles. The summed E-state index contributed by atoms with van der Waals surface area (Å²) in [6, 6.07) is 49.5. The molecule has 9 aromatic rings. The third-order valence-corrected chi connectivity index (χ3v) is 9.45. The highest BCUT2D eigenvalue weighted by Gasteiger charge is 2.30. The van der Waals surface area contributed by atoms with Crippen LogP contribution in [0.3, 0.4) is 0 Å². The summed E-state index contributed by atoms with van der Waals surface area (Å²) in [5.41, 5.74) is 13.0. The molecule has 0 fully saturated rings. The Balaban J connectivity index is 1.33. The number of aromatic nitrogens is 4. The van der Waals surface area contributed by atoms with Crippen molar-refractivity contribution in [2.75, 3.05) is 4.90 Å². The van der Waals surface area contributed by atoms with Gasteiger partial charge in [-0.25, -0.2) is 0 Å². The Morgan fingerprint density at radius 2 is 1.23 bits per heavy atom. The molecule has 1 aliphatic rings. The van der Waals surface area contributed by atoms with Crippen LogP contribution in [0, 0.1) is 0 Å². The van der Waals surface area contributed by atoms with Crippen LogP contribution in [0.5, 0.6) is 0 Å². The molecule has 0 unspecified atom stereocenters. The van der Waals surface area contributed by atoms with E-state index in [1.807, 2.05) is 55.1 Å². The molecule has 0 atom stereocenters. The second-order valence-electron chi connectivity index (χ2n) is 12.1. The van der Waals surface area contributed by atoms with Crippen molar-refractivity contribution in [3.63, 3.8) is 0 Å². The zero-order valence-corrected chi connectivity index (χ0v) is 25.8. The number of benzene rings is 5. The predicted octanol–water partition coefficient (Wildman–Crippen LogP) is 10.9. The van der Waals surface area contributed by atoms with E-state index in [0.29, 0.717) is 0 Å². The third kappa shape index (κ3) is 3.94. The molecule has 5 heterocycles. The molecule has 0 saturated heterocycles. The largest absolute Gasteiger partial charge is 0.309 e. The van der Waals surface area contributed by atoms with Gasteiger partial charge < -0.3 is 9.47 Å². The van der Waals surface area contributed by atoms with E-state index in [4.69, 9.17) is 9.97 Å². The van der Waals surface area contributed by atoms with E-state index in [1.54, 1.807) is 0 Å². The van der Waals surface area contributed by atoms with Crippen LogP contribution in [0.2, 0.25) is 0 Å². The summed E-state index contributed by atoms with van der Waals surface area (Å²) in [6.45, 7) is 0. The van der Waals surface area contributed by atoms with Gasteiger partial charge in [0.25, 0.3) is 0 Å². The van der Waals surface area contributed by atoms with Gasteiger partial charge in [0.2, 0.25) is 0 Å². The Kier molecular flexibility index (Phi) is 5.81. The van der Waals surface area contributed by atoms with Gasteiger partial charge in [-0.2, -0.15) is 0 Å². The van der Waals surface area contributed by atoms with Gasteiger partial charge in [-0.3, -0.25) is 15.0 Å². The standard InChI is InChI=1S/C43H27N5/c1-2-17-38-35(13-1)42-40(47(38)32-25-29(36-15-3-5-22-45-36)24-30(26-32)37-16-4-6-23-46-37)20-19-34-33-14-7-10-28-11-8-18-39(41(28)33)48(43(34)42)31-12-9-21-44-27-31/h1-27H. The zero-order valence-electron chi connectivity index (χ0n) is 25.8. The minimum atomic E-state index is 0.919. The molecule has 0 bridgehead atoms. The summed E-state index contributed by atoms with van der Waals surface area (Å²) in [6.07, 6.45) is 7.49. The molecule has 0 spiro atoms. The van der Waals surface area contributed by atoms with Gasteiger partial charge in [-0.15, -0.1) is 0 Å². The predicted molar refractivity (Wildman–Crippen MR) is 196 cm³/mol. The number of fused-ring (bicyclic) bond motifs is 6. The number of rotatable bonds is 4. The molecule has 0 radical (unpaired) electrons. The Morgan fingerprint density at radius 3 is 1.96 bits per heavy atom. The van der Waals surface area contributed by atoms with Crippen molar-refractivity contribution in [2.24, 2.45) is 0 Å². The average molecular weight is 614 g/mol. The van der Waals surface area contributed by atoms with Crippen LogP contribution < -0.4 is 4.90 Å². The highest BCUT2D eigenvalue weighted by atomic mass is 15.2. The number of pyridine rings is 3. The van der Waals surface area contributed by atoms with Gasteiger partial charge in [0, 0.05) is 57.1 Å². The van der Waals surface area contributed by atoms with Gasteiger partial charge in [-0.05, 0) is 83.7 Å². The van der Waals surface area contributed by atoms with Crippen LogP contribution in [0.4, 0.5) is 17.1 Å². The van der Waals surface area contributed by atoms with E-state index >= 15 is 0 Å². The van der Waals surface area contributed by atoms with Crippen LogP contribution >= 0.6 is 0 Å². The third-order valence-electron chi connectivity index (χ3n) is 9.45. The Bertz CT molecular complexity index is 2600. The summed E-state index contributed by atoms with van der Waals surface area (Å²) in [5.74, 6) is 0. The molecule has 5 heteroatoms. The molecule has 0 aliphatic carbocycles. The van der Waals surface area contributed by atoms with Gasteiger partial charge in [0.05, 0.1) is 45.7 Å². The molecular formula is C43H27N5. The molecule has 5 nitrogen and oxygen atoms in total. The van der Waals surface area contributed by atoms with E-state index in [0.717, 1.165) is 56.3 Å². The van der Waals surface area contributed by atoms with Crippen molar-refractivity contribution in [3.05, 3.63) is 164 Å². The quantitative estimate of drug-likeness (QED) is 0.198. The lowest BCUT2D eigenvalue weighted by Gasteiger charge is -2.34. The van der Waals surface area contributed by atoms with Gasteiger partial charge in [0.1, 0.15) is 0 Å². The molecule has 0 saturated carbocycles. The highest BCUT2D eigenvalue weighted by molar-refractivity contribution is 6.24. The van der Waals surface area contributed by atoms with Crippen molar-refractivity contribution < 1.29 is 0 Å². The lowest BCUT2D eigenvalue weighted by molar-refractivity contribution is 1.17. The fourth-order valence-electron chi connectivity index (χ4n) is 7.48. The SMILES string of the molecule is c1ccc(-c2cc(-c3ccccn3)cc(-n3c4ccccc4c4c5c(ccc43)-c3cccc4cccc(c34)N5c3cccnc3)c2)nc1. The minimum absolute atomic E-state index is 0.919. The first-order valence-corrected chi connectivity index (χ1v) is 16.1. The maximum absolute atomic E-state index is 4.73. The summed E-state index contributed by atoms with van der Waals surface area (Å²) in [5, 5.41) is 4.86. The molecule has 48 heavy (non-hydrogen) atoms. The zero-order chi connectivity index (χ0) is 31.6. The van der Waals surface area contributed by atoms with E-state index in [1.165, 1.54) is 32.7 Å². The highest BCUT2D eigenvalue weighted by Crippen LogP contribution is 2.55. The fourth-order valence-corrected chi connectivity index (χ4v) is 7.48. The molecule has 1 aliphatic heterocycles. The molecular weight excluding hydrogens is 587 g/mol. The van der Waals surface area contributed by atoms with Crippen molar-refractivity contribution in [1.82, 2.24) is 19.5 Å². The summed E-state index contributed by atoms with van der Waals surface area (Å²) in [7, 11) is 0. The normalized spacial score (nSPS) is 12.1. The number of hydrogen-bond donors (Lipinski definition) is 0. The first-order valence-electron chi connectivity index (χ1n) is 16.1. The van der Waals surface area contributed by atoms with Crippen molar-refractivity contribution in [1.29, 1.82) is 0 Å². The number of para-hydroxylation sites is 1. The minimum Gasteiger partial charge on any atom is -0.309 e. The molecule has 224 valence electrons. The topological polar surface area (TPSA) is 46.8 Å². The second-order valence-corrected chi connectivity index (χ2v) is 12.1. The van der Waals surface area contributed by atoms with Crippen LogP contribution in [-0.4, -0.2) is 19.5 Å². The van der Waals surface area contributed by atoms with Crippen molar-refractivity contribution in [2.45, 2.75) is 0 Å². The maximum Gasteiger partial charge on any atom is 0.0702 e. The summed E-state index contributed by atoms with van der Waals surface area (Å²) >= 11 is 0. The Labute approximate surface area is 277 Å². The first kappa shape index (κ1) is 26.6. The van der Waals surface area contributed by atoms with E-state index in [2.05, 4.69) is 124 Å². The van der Waals surface area contributed by atoms with Crippen LogP contribution in [-0.2, 0) is 0 Å². The lowest BCUT2D eigenvalue weighted by atomic mass is 9.89. The molecule has 0 N–H and O–H groups in total. The molecule has 5 aromatic carbocycles. The maximum atomic E-state index is 4.73. The first-order chi connectivity index (χ1) is 23.8. The lowest BCUT2D eigenvalue weighted by Crippen LogP contribution is -2.15. The van der Waals surface area contributed by atoms with Gasteiger partial charge in [-0.1, -0.05) is 66.7 Å². The van der Waals surface area contributed by atoms with Gasteiger partial charge >= 0.3 is 0 Å². The monoisotopic (exact) mass is 613 g/mol. The Morgan fingerprint density at radius 1 is 0.479 bits per heavy atom. The van der Waals surface area contributed by atoms with E-state index in [-0.39, 0.29) is 0 Å².